The second kappa shape index (κ2) is 14.3. The van der Waals surface area contributed by atoms with Crippen LogP contribution in [0.4, 0.5) is 0 Å². The van der Waals surface area contributed by atoms with Gasteiger partial charge in [-0.25, -0.2) is 0 Å². The first-order valence-electron chi connectivity index (χ1n) is 14.0. The summed E-state index contributed by atoms with van der Waals surface area (Å²) < 4.78 is 37.8. The first-order valence-corrected chi connectivity index (χ1v) is 14.0. The van der Waals surface area contributed by atoms with Crippen molar-refractivity contribution >= 4 is 0 Å². The van der Waals surface area contributed by atoms with Crippen LogP contribution in [0, 0.1) is 0 Å². The molecule has 0 aromatic carbocycles. The third kappa shape index (κ3) is 6.49. The molecular weight excluding hydrogens is 624 g/mol. The van der Waals surface area contributed by atoms with Gasteiger partial charge < -0.3 is 105 Å². The van der Waals surface area contributed by atoms with Crippen LogP contribution >= 0.6 is 0 Å². The average Bonchev–Trinajstić information content (AvgIpc) is 3.55. The van der Waals surface area contributed by atoms with Gasteiger partial charge >= 0.3 is 0 Å². The van der Waals surface area contributed by atoms with Gasteiger partial charge in [-0.3, -0.25) is 0 Å². The zero-order chi connectivity index (χ0) is 33.5. The van der Waals surface area contributed by atoms with Crippen molar-refractivity contribution in [2.24, 2.45) is 0 Å². The van der Waals surface area contributed by atoms with Gasteiger partial charge in [0.05, 0.1) is 26.4 Å². The molecule has 4 saturated heterocycles. The second-order valence-corrected chi connectivity index (χ2v) is 11.3. The Balaban J connectivity index is 1.43. The molecule has 264 valence electrons. The summed E-state index contributed by atoms with van der Waals surface area (Å²) in [4.78, 5) is 0. The van der Waals surface area contributed by atoms with E-state index in [2.05, 4.69) is 0 Å². The van der Waals surface area contributed by atoms with E-state index in [0.29, 0.717) is 0 Å². The number of rotatable bonds is 13. The van der Waals surface area contributed by atoms with Crippen molar-refractivity contribution in [2.75, 3.05) is 46.2 Å². The van der Waals surface area contributed by atoms with Crippen LogP contribution in [0.15, 0.2) is 0 Å². The standard InChI is InChI=1S/C24H42O21/c25-1-8-13(31)18(36)22(5-27,42-8)40-4-11-15(33)19(37)23(6-28,44-11)39-3-10-12(30)16(34)17(35)21(41-10)45-24(7-29)20(38)14(32)9(2-26)43-24/h8-21,25-38H,1-7H2/t8-,9-,10-,11+,12-,13-,14-,15+,16+,17-,18+,19-,20+,21-,22-,23+,24+/m1/s1. The SMILES string of the molecule is OC[C@H]1O[C@@](CO)(OC[C@@H]2O[C@](CO)(OC[C@H]3O[C@H](O[C@]4(CO)O[C@H](CO)[C@@H](O)[C@@H]4O)[C@H](O)[C@@H](O)[C@@H]3O)[C@H](O)[C@H]2O)[C@@H](O)[C@@H]1O. The summed E-state index contributed by atoms with van der Waals surface area (Å²) in [6, 6.07) is 0. The molecule has 0 spiro atoms. The van der Waals surface area contributed by atoms with Crippen LogP contribution < -0.4 is 0 Å². The lowest BCUT2D eigenvalue weighted by atomic mass is 9.98. The maximum absolute atomic E-state index is 10.7. The average molecular weight is 667 g/mol. The molecule has 21 nitrogen and oxygen atoms in total. The minimum absolute atomic E-state index is 0.735. The highest BCUT2D eigenvalue weighted by molar-refractivity contribution is 5.01. The molecule has 0 aromatic heterocycles. The molecule has 0 saturated carbocycles. The Hall–Kier alpha value is -0.840. The molecular formula is C24H42O21. The van der Waals surface area contributed by atoms with Crippen LogP contribution in [0.5, 0.6) is 0 Å². The zero-order valence-corrected chi connectivity index (χ0v) is 23.7. The quantitative estimate of drug-likeness (QED) is 0.0867. The number of hydrogen-bond donors (Lipinski definition) is 14. The van der Waals surface area contributed by atoms with Gasteiger partial charge in [0.2, 0.25) is 17.4 Å². The zero-order valence-electron chi connectivity index (χ0n) is 23.7. The highest BCUT2D eigenvalue weighted by Crippen LogP contribution is 2.39. The first-order chi connectivity index (χ1) is 21.2. The Bertz CT molecular complexity index is 964. The number of ether oxygens (including phenoxy) is 7. The largest absolute Gasteiger partial charge is 0.394 e. The molecule has 17 atom stereocenters. The maximum atomic E-state index is 10.7. The third-order valence-corrected chi connectivity index (χ3v) is 8.51. The molecule has 45 heavy (non-hydrogen) atoms. The molecule has 4 aliphatic rings. The number of aliphatic hydroxyl groups is 14. The molecule has 0 amide bonds. The first kappa shape index (κ1) is 37.0. The van der Waals surface area contributed by atoms with Crippen LogP contribution in [-0.4, -0.2) is 221 Å². The molecule has 0 unspecified atom stereocenters. The van der Waals surface area contributed by atoms with Crippen molar-refractivity contribution in [1.29, 1.82) is 0 Å². The smallest absolute Gasteiger partial charge is 0.224 e. The molecule has 0 radical (unpaired) electrons. The van der Waals surface area contributed by atoms with E-state index in [1.807, 2.05) is 0 Å². The van der Waals surface area contributed by atoms with Gasteiger partial charge in [-0.1, -0.05) is 0 Å². The van der Waals surface area contributed by atoms with E-state index in [1.54, 1.807) is 0 Å². The summed E-state index contributed by atoms with van der Waals surface area (Å²) in [6.45, 7) is -6.37. The van der Waals surface area contributed by atoms with E-state index in [1.165, 1.54) is 0 Å². The third-order valence-electron chi connectivity index (χ3n) is 8.51. The van der Waals surface area contributed by atoms with Gasteiger partial charge in [0, 0.05) is 0 Å². The fourth-order valence-corrected chi connectivity index (χ4v) is 5.65. The van der Waals surface area contributed by atoms with Crippen molar-refractivity contribution in [3.63, 3.8) is 0 Å². The van der Waals surface area contributed by atoms with E-state index in [4.69, 9.17) is 33.2 Å². The Kier molecular flexibility index (Phi) is 11.8. The van der Waals surface area contributed by atoms with E-state index >= 15 is 0 Å². The lowest BCUT2D eigenvalue weighted by Crippen LogP contribution is -2.63. The normalized spacial score (nSPS) is 52.1. The fourth-order valence-electron chi connectivity index (χ4n) is 5.65. The Morgan fingerprint density at radius 3 is 1.29 bits per heavy atom. The van der Waals surface area contributed by atoms with Crippen LogP contribution in [0.25, 0.3) is 0 Å². The Morgan fingerprint density at radius 2 is 0.844 bits per heavy atom. The molecule has 0 aromatic rings. The van der Waals surface area contributed by atoms with Gasteiger partial charge in [-0.2, -0.15) is 0 Å². The van der Waals surface area contributed by atoms with Crippen molar-refractivity contribution < 1.29 is 105 Å². The molecule has 4 heterocycles. The van der Waals surface area contributed by atoms with Gasteiger partial charge in [-0.05, 0) is 0 Å². The highest BCUT2D eigenvalue weighted by atomic mass is 16.8. The Morgan fingerprint density at radius 1 is 0.444 bits per heavy atom. The topological polar surface area (TPSA) is 348 Å². The van der Waals surface area contributed by atoms with Crippen LogP contribution in [-0.2, 0) is 33.2 Å². The van der Waals surface area contributed by atoms with Gasteiger partial charge in [0.15, 0.2) is 6.29 Å². The van der Waals surface area contributed by atoms with Gasteiger partial charge in [-0.15, -0.1) is 0 Å². The summed E-state index contributed by atoms with van der Waals surface area (Å²) in [5.41, 5.74) is 0. The molecule has 21 heteroatoms. The van der Waals surface area contributed by atoms with E-state index in [0.717, 1.165) is 0 Å². The minimum atomic E-state index is -2.45. The number of aliphatic hydroxyl groups excluding tert-OH is 14. The van der Waals surface area contributed by atoms with Crippen LogP contribution in [0.1, 0.15) is 0 Å². The predicted octanol–water partition coefficient (Wildman–Crippen LogP) is -9.74. The lowest BCUT2D eigenvalue weighted by Gasteiger charge is -2.44. The second-order valence-electron chi connectivity index (χ2n) is 11.3. The molecule has 4 rings (SSSR count). The molecule has 4 fully saturated rings. The van der Waals surface area contributed by atoms with Crippen molar-refractivity contribution in [3.05, 3.63) is 0 Å². The lowest BCUT2D eigenvalue weighted by molar-refractivity contribution is -0.389. The molecule has 14 N–H and O–H groups in total. The molecule has 0 aliphatic carbocycles. The van der Waals surface area contributed by atoms with E-state index < -0.39 is 149 Å². The highest BCUT2D eigenvalue weighted by Gasteiger charge is 2.61. The van der Waals surface area contributed by atoms with Crippen LogP contribution in [0.2, 0.25) is 0 Å². The van der Waals surface area contributed by atoms with Gasteiger partial charge in [0.25, 0.3) is 0 Å². The van der Waals surface area contributed by atoms with E-state index in [9.17, 15) is 71.5 Å². The van der Waals surface area contributed by atoms with Crippen LogP contribution in [0.3, 0.4) is 0 Å². The summed E-state index contributed by atoms with van der Waals surface area (Å²) >= 11 is 0. The predicted molar refractivity (Wildman–Crippen MR) is 134 cm³/mol. The Labute approximate surface area is 254 Å². The number of hydrogen-bond acceptors (Lipinski definition) is 21. The summed E-state index contributed by atoms with van der Waals surface area (Å²) in [5.74, 6) is -7.14. The molecule has 4 aliphatic heterocycles. The summed E-state index contributed by atoms with van der Waals surface area (Å²) in [6.07, 6.45) is -24.9. The van der Waals surface area contributed by atoms with Crippen molar-refractivity contribution in [3.8, 4) is 0 Å². The van der Waals surface area contributed by atoms with Gasteiger partial charge in [0.1, 0.15) is 99.2 Å². The maximum Gasteiger partial charge on any atom is 0.224 e. The molecule has 0 bridgehead atoms. The summed E-state index contributed by atoms with van der Waals surface area (Å²) in [5, 5.41) is 142. The van der Waals surface area contributed by atoms with Crippen molar-refractivity contribution in [1.82, 2.24) is 0 Å². The summed E-state index contributed by atoms with van der Waals surface area (Å²) in [7, 11) is 0. The van der Waals surface area contributed by atoms with Crippen molar-refractivity contribution in [2.45, 2.75) is 103 Å². The monoisotopic (exact) mass is 666 g/mol. The fraction of sp³-hybridized carbons (Fsp3) is 1.00. The van der Waals surface area contributed by atoms with E-state index in [-0.39, 0.29) is 0 Å². The minimum Gasteiger partial charge on any atom is -0.394 e.